The Labute approximate surface area is 161 Å². The first-order valence-corrected chi connectivity index (χ1v) is 10.3. The predicted octanol–water partition coefficient (Wildman–Crippen LogP) is 4.16. The molecule has 4 nitrogen and oxygen atoms in total. The van der Waals surface area contributed by atoms with E-state index >= 15 is 0 Å². The molecule has 27 heavy (non-hydrogen) atoms. The van der Waals surface area contributed by atoms with Crippen molar-refractivity contribution in [2.24, 2.45) is 11.3 Å². The van der Waals surface area contributed by atoms with Gasteiger partial charge >= 0.3 is 0 Å². The summed E-state index contributed by atoms with van der Waals surface area (Å²) in [5, 5.41) is 0. The smallest absolute Gasteiger partial charge is 0.231 e. The van der Waals surface area contributed by atoms with Crippen LogP contribution in [0.2, 0.25) is 0 Å². The Balaban J connectivity index is 1.32. The van der Waals surface area contributed by atoms with Gasteiger partial charge in [0.1, 0.15) is 11.5 Å². The van der Waals surface area contributed by atoms with E-state index in [9.17, 15) is 4.79 Å². The van der Waals surface area contributed by atoms with Crippen molar-refractivity contribution in [2.75, 3.05) is 19.6 Å². The molecule has 1 spiro atoms. The second-order valence-electron chi connectivity index (χ2n) is 8.66. The van der Waals surface area contributed by atoms with Crippen LogP contribution in [-0.4, -0.2) is 35.3 Å². The highest BCUT2D eigenvalue weighted by atomic mass is 16.3. The van der Waals surface area contributed by atoms with Gasteiger partial charge in [-0.05, 0) is 69.3 Å². The number of likely N-dealkylation sites (tertiary alicyclic amines) is 2. The number of amides is 1. The molecule has 142 valence electrons. The lowest BCUT2D eigenvalue weighted by Gasteiger charge is -2.59. The van der Waals surface area contributed by atoms with Gasteiger partial charge in [-0.15, -0.1) is 0 Å². The molecule has 5 rings (SSSR count). The summed E-state index contributed by atoms with van der Waals surface area (Å²) < 4.78 is 5.74. The standard InChI is InChI=1S/C23H28N2O2/c1-17-7-10-20(27-17)16-24-13-11-23(12-14-24)21(19-5-3-2-4-6-19)25(22(23)26)15-18-8-9-18/h2-7,10,18,21H,8-9,11-16H2,1H3/t21-/m1/s1. The lowest BCUT2D eigenvalue weighted by molar-refractivity contribution is -0.181. The van der Waals surface area contributed by atoms with Gasteiger partial charge in [0.25, 0.3) is 0 Å². The van der Waals surface area contributed by atoms with Crippen LogP contribution in [0.5, 0.6) is 0 Å². The topological polar surface area (TPSA) is 36.7 Å². The van der Waals surface area contributed by atoms with Crippen molar-refractivity contribution >= 4 is 5.91 Å². The third kappa shape index (κ3) is 3.00. The Hall–Kier alpha value is -2.07. The zero-order valence-corrected chi connectivity index (χ0v) is 16.1. The first-order valence-electron chi connectivity index (χ1n) is 10.3. The minimum Gasteiger partial charge on any atom is -0.465 e. The number of aryl methyl sites for hydroxylation is 1. The zero-order valence-electron chi connectivity index (χ0n) is 16.1. The van der Waals surface area contributed by atoms with E-state index in [2.05, 4.69) is 46.2 Å². The molecule has 0 radical (unpaired) electrons. The van der Waals surface area contributed by atoms with Crippen LogP contribution in [0.15, 0.2) is 46.9 Å². The summed E-state index contributed by atoms with van der Waals surface area (Å²) in [6, 6.07) is 15.0. The highest BCUT2D eigenvalue weighted by molar-refractivity contribution is 5.91. The molecule has 4 heteroatoms. The van der Waals surface area contributed by atoms with E-state index in [0.717, 1.165) is 56.5 Å². The van der Waals surface area contributed by atoms with Gasteiger partial charge in [0.2, 0.25) is 5.91 Å². The maximum Gasteiger partial charge on any atom is 0.231 e. The molecule has 3 aliphatic rings. The predicted molar refractivity (Wildman–Crippen MR) is 104 cm³/mol. The van der Waals surface area contributed by atoms with Crippen LogP contribution in [-0.2, 0) is 11.3 Å². The Morgan fingerprint density at radius 3 is 2.44 bits per heavy atom. The molecule has 2 saturated heterocycles. The third-order valence-corrected chi connectivity index (χ3v) is 6.71. The number of carbonyl (C=O) groups excluding carboxylic acids is 1. The van der Waals surface area contributed by atoms with Gasteiger partial charge in [0.05, 0.1) is 18.0 Å². The molecule has 2 aromatic rings. The van der Waals surface area contributed by atoms with Crippen molar-refractivity contribution in [3.63, 3.8) is 0 Å². The summed E-state index contributed by atoms with van der Waals surface area (Å²) in [7, 11) is 0. The van der Waals surface area contributed by atoms with Crippen molar-refractivity contribution < 1.29 is 9.21 Å². The summed E-state index contributed by atoms with van der Waals surface area (Å²) in [6.45, 7) is 5.72. The number of hydrogen-bond donors (Lipinski definition) is 0. The van der Waals surface area contributed by atoms with Crippen LogP contribution in [0.4, 0.5) is 0 Å². The zero-order chi connectivity index (χ0) is 18.4. The minimum atomic E-state index is -0.189. The SMILES string of the molecule is Cc1ccc(CN2CCC3(CC2)C(=O)N(CC2CC2)[C@@H]3c2ccccc2)o1. The van der Waals surface area contributed by atoms with Crippen LogP contribution in [0.1, 0.15) is 48.8 Å². The fourth-order valence-electron chi connectivity index (χ4n) is 5.04. The van der Waals surface area contributed by atoms with Gasteiger partial charge < -0.3 is 9.32 Å². The largest absolute Gasteiger partial charge is 0.465 e. The van der Waals surface area contributed by atoms with Gasteiger partial charge in [-0.3, -0.25) is 9.69 Å². The molecule has 0 bridgehead atoms. The molecule has 1 atom stereocenters. The normalized spacial score (nSPS) is 25.0. The van der Waals surface area contributed by atoms with Gasteiger partial charge in [-0.25, -0.2) is 0 Å². The Kier molecular flexibility index (Phi) is 4.12. The van der Waals surface area contributed by atoms with Crippen LogP contribution in [0.3, 0.4) is 0 Å². The molecule has 0 unspecified atom stereocenters. The highest BCUT2D eigenvalue weighted by Gasteiger charge is 2.61. The molecule has 1 aromatic heterocycles. The average molecular weight is 364 g/mol. The lowest BCUT2D eigenvalue weighted by atomic mass is 9.62. The minimum absolute atomic E-state index is 0.189. The number of piperidine rings is 1. The third-order valence-electron chi connectivity index (χ3n) is 6.71. The Morgan fingerprint density at radius 2 is 1.81 bits per heavy atom. The molecular formula is C23H28N2O2. The molecule has 1 aliphatic carbocycles. The molecule has 3 heterocycles. The number of hydrogen-bond acceptors (Lipinski definition) is 3. The van der Waals surface area contributed by atoms with Crippen molar-refractivity contribution in [3.05, 3.63) is 59.5 Å². The summed E-state index contributed by atoms with van der Waals surface area (Å²) in [5.41, 5.74) is 1.12. The number of β-lactam (4-membered cyclic amide) rings is 1. The second kappa shape index (κ2) is 6.52. The van der Waals surface area contributed by atoms with E-state index in [4.69, 9.17) is 4.42 Å². The van der Waals surface area contributed by atoms with Crippen LogP contribution < -0.4 is 0 Å². The monoisotopic (exact) mass is 364 g/mol. The van der Waals surface area contributed by atoms with E-state index in [0.29, 0.717) is 5.91 Å². The van der Waals surface area contributed by atoms with Crippen LogP contribution in [0, 0.1) is 18.3 Å². The summed E-state index contributed by atoms with van der Waals surface area (Å²) in [4.78, 5) is 17.9. The molecule has 0 N–H and O–H groups in total. The molecular weight excluding hydrogens is 336 g/mol. The fourth-order valence-corrected chi connectivity index (χ4v) is 5.04. The number of benzene rings is 1. The van der Waals surface area contributed by atoms with Crippen molar-refractivity contribution in [3.8, 4) is 0 Å². The number of rotatable bonds is 5. The first-order chi connectivity index (χ1) is 13.2. The van der Waals surface area contributed by atoms with Gasteiger partial charge in [0, 0.05) is 6.54 Å². The second-order valence-corrected chi connectivity index (χ2v) is 8.66. The molecule has 2 aliphatic heterocycles. The Morgan fingerprint density at radius 1 is 1.07 bits per heavy atom. The van der Waals surface area contributed by atoms with Gasteiger partial charge in [0.15, 0.2) is 0 Å². The van der Waals surface area contributed by atoms with Crippen molar-refractivity contribution in [2.45, 2.75) is 45.2 Å². The first kappa shape index (κ1) is 17.1. The Bertz CT molecular complexity index is 816. The average Bonchev–Trinajstić information content (AvgIpc) is 3.43. The maximum absolute atomic E-state index is 13.2. The van der Waals surface area contributed by atoms with E-state index in [1.165, 1.54) is 18.4 Å². The number of furan rings is 1. The lowest BCUT2D eigenvalue weighted by Crippen LogP contribution is -2.66. The molecule has 1 aromatic carbocycles. The van der Waals surface area contributed by atoms with Gasteiger partial charge in [-0.1, -0.05) is 30.3 Å². The quantitative estimate of drug-likeness (QED) is 0.748. The van der Waals surface area contributed by atoms with Crippen molar-refractivity contribution in [1.82, 2.24) is 9.80 Å². The van der Waals surface area contributed by atoms with Crippen LogP contribution in [0.25, 0.3) is 0 Å². The van der Waals surface area contributed by atoms with E-state index in [-0.39, 0.29) is 11.5 Å². The molecule has 1 saturated carbocycles. The number of carbonyl (C=O) groups is 1. The summed E-state index contributed by atoms with van der Waals surface area (Å²) in [6.07, 6.45) is 4.47. The van der Waals surface area contributed by atoms with E-state index in [1.807, 2.05) is 13.0 Å². The molecule has 1 amide bonds. The van der Waals surface area contributed by atoms with E-state index < -0.39 is 0 Å². The van der Waals surface area contributed by atoms with Crippen molar-refractivity contribution in [1.29, 1.82) is 0 Å². The fraction of sp³-hybridized carbons (Fsp3) is 0.522. The highest BCUT2D eigenvalue weighted by Crippen LogP contribution is 2.57. The summed E-state index contributed by atoms with van der Waals surface area (Å²) >= 11 is 0. The van der Waals surface area contributed by atoms with Crippen LogP contribution >= 0.6 is 0 Å². The summed E-state index contributed by atoms with van der Waals surface area (Å²) in [5.74, 6) is 3.13. The van der Waals surface area contributed by atoms with Gasteiger partial charge in [-0.2, -0.15) is 0 Å². The number of nitrogens with zero attached hydrogens (tertiary/aromatic N) is 2. The molecule has 3 fully saturated rings. The van der Waals surface area contributed by atoms with E-state index in [1.54, 1.807) is 0 Å². The maximum atomic E-state index is 13.2.